The van der Waals surface area contributed by atoms with Crippen molar-refractivity contribution in [2.24, 2.45) is 5.92 Å². The van der Waals surface area contributed by atoms with Crippen LogP contribution in [0.25, 0.3) is 0 Å². The highest BCUT2D eigenvalue weighted by Crippen LogP contribution is 2.23. The Balaban J connectivity index is 2.00. The summed E-state index contributed by atoms with van der Waals surface area (Å²) >= 11 is 0. The van der Waals surface area contributed by atoms with Gasteiger partial charge in [-0.2, -0.15) is 0 Å². The molecule has 0 aromatic heterocycles. The van der Waals surface area contributed by atoms with Crippen LogP contribution in [0.1, 0.15) is 38.7 Å². The third kappa shape index (κ3) is 4.49. The van der Waals surface area contributed by atoms with Crippen molar-refractivity contribution in [1.82, 2.24) is 9.80 Å². The van der Waals surface area contributed by atoms with Crippen LogP contribution >= 0.6 is 0 Å². The Morgan fingerprint density at radius 2 is 2.00 bits per heavy atom. The fraction of sp³-hybridized carbons (Fsp3) is 0.579. The highest BCUT2D eigenvalue weighted by Gasteiger charge is 2.36. The lowest BCUT2D eigenvalue weighted by Crippen LogP contribution is -2.38. The fourth-order valence-electron chi connectivity index (χ4n) is 3.21. The molecule has 0 spiro atoms. The van der Waals surface area contributed by atoms with Gasteiger partial charge in [-0.15, -0.1) is 0 Å². The maximum Gasteiger partial charge on any atom is 0.227 e. The van der Waals surface area contributed by atoms with Gasteiger partial charge in [-0.05, 0) is 30.5 Å². The Morgan fingerprint density at radius 1 is 1.29 bits per heavy atom. The van der Waals surface area contributed by atoms with Crippen molar-refractivity contribution < 1.29 is 14.3 Å². The highest BCUT2D eigenvalue weighted by atomic mass is 16.5. The van der Waals surface area contributed by atoms with Gasteiger partial charge < -0.3 is 14.5 Å². The summed E-state index contributed by atoms with van der Waals surface area (Å²) < 4.78 is 5.23. The normalized spacial score (nSPS) is 17.2. The number of nitrogens with zero attached hydrogens (tertiary/aromatic N) is 2. The molecule has 1 saturated heterocycles. The molecule has 1 aliphatic rings. The minimum Gasteiger partial charge on any atom is -0.497 e. The lowest BCUT2D eigenvalue weighted by atomic mass is 10.1. The molecule has 1 aliphatic heterocycles. The second-order valence-electron chi connectivity index (χ2n) is 6.35. The molecule has 132 valence electrons. The van der Waals surface area contributed by atoms with Crippen LogP contribution in [-0.4, -0.2) is 48.4 Å². The second kappa shape index (κ2) is 8.71. The average molecular weight is 332 g/mol. The summed E-state index contributed by atoms with van der Waals surface area (Å²) in [6.07, 6.45) is 2.21. The third-order valence-electron chi connectivity index (χ3n) is 4.37. The van der Waals surface area contributed by atoms with Crippen molar-refractivity contribution >= 4 is 11.8 Å². The first-order valence-corrected chi connectivity index (χ1v) is 8.78. The molecule has 24 heavy (non-hydrogen) atoms. The van der Waals surface area contributed by atoms with Gasteiger partial charge in [0.15, 0.2) is 0 Å². The van der Waals surface area contributed by atoms with Crippen LogP contribution in [0.4, 0.5) is 0 Å². The number of carbonyl (C=O) groups excluding carboxylic acids is 2. The first-order chi connectivity index (χ1) is 11.6. The Morgan fingerprint density at radius 3 is 2.62 bits per heavy atom. The molecule has 1 atom stereocenters. The summed E-state index contributed by atoms with van der Waals surface area (Å²) in [6, 6.07) is 7.71. The molecule has 1 aromatic rings. The third-order valence-corrected chi connectivity index (χ3v) is 4.37. The van der Waals surface area contributed by atoms with Crippen molar-refractivity contribution in [3.05, 3.63) is 29.8 Å². The van der Waals surface area contributed by atoms with E-state index >= 15 is 0 Å². The summed E-state index contributed by atoms with van der Waals surface area (Å²) in [5.74, 6) is 0.759. The predicted octanol–water partition coefficient (Wildman–Crippen LogP) is 2.69. The van der Waals surface area contributed by atoms with Gasteiger partial charge in [-0.25, -0.2) is 0 Å². The number of benzene rings is 1. The number of hydrogen-bond donors (Lipinski definition) is 0. The lowest BCUT2D eigenvalue weighted by molar-refractivity contribution is -0.136. The van der Waals surface area contributed by atoms with E-state index in [9.17, 15) is 9.59 Å². The molecule has 2 rings (SSSR count). The Kier molecular flexibility index (Phi) is 6.64. The second-order valence-corrected chi connectivity index (χ2v) is 6.35. The zero-order valence-electron chi connectivity index (χ0n) is 15.0. The molecule has 0 radical (unpaired) electrons. The molecule has 1 unspecified atom stereocenters. The Hall–Kier alpha value is -2.04. The number of amides is 2. The van der Waals surface area contributed by atoms with Gasteiger partial charge in [0.25, 0.3) is 0 Å². The van der Waals surface area contributed by atoms with Gasteiger partial charge in [0.2, 0.25) is 11.8 Å². The Labute approximate surface area is 144 Å². The van der Waals surface area contributed by atoms with Crippen molar-refractivity contribution in [2.45, 2.75) is 39.7 Å². The van der Waals surface area contributed by atoms with Crippen LogP contribution < -0.4 is 4.74 Å². The standard InChI is InChI=1S/C19H28N2O3/c1-4-9-20(10-5-2)19(23)16-12-18(22)21(14-16)13-15-7-6-8-17(11-15)24-3/h6-8,11,16H,4-5,9-10,12-14H2,1-3H3. The van der Waals surface area contributed by atoms with Crippen LogP contribution in [-0.2, 0) is 16.1 Å². The molecule has 0 N–H and O–H groups in total. The smallest absolute Gasteiger partial charge is 0.227 e. The summed E-state index contributed by atoms with van der Waals surface area (Å²) in [6.45, 7) is 6.73. The summed E-state index contributed by atoms with van der Waals surface area (Å²) in [4.78, 5) is 28.7. The van der Waals surface area contributed by atoms with E-state index < -0.39 is 0 Å². The van der Waals surface area contributed by atoms with Gasteiger partial charge in [-0.1, -0.05) is 26.0 Å². The first kappa shape index (κ1) is 18.3. The molecule has 0 saturated carbocycles. The molecule has 0 bridgehead atoms. The first-order valence-electron chi connectivity index (χ1n) is 8.78. The van der Waals surface area contributed by atoms with Gasteiger partial charge in [0.1, 0.15) is 5.75 Å². The van der Waals surface area contributed by atoms with Crippen LogP contribution in [0, 0.1) is 5.92 Å². The van der Waals surface area contributed by atoms with E-state index in [1.54, 1.807) is 12.0 Å². The molecule has 1 fully saturated rings. The quantitative estimate of drug-likeness (QED) is 0.735. The molecule has 1 aromatic carbocycles. The van der Waals surface area contributed by atoms with E-state index in [1.165, 1.54) is 0 Å². The molecule has 1 heterocycles. The van der Waals surface area contributed by atoms with Crippen molar-refractivity contribution in [2.75, 3.05) is 26.7 Å². The van der Waals surface area contributed by atoms with Gasteiger partial charge >= 0.3 is 0 Å². The number of carbonyl (C=O) groups is 2. The fourth-order valence-corrected chi connectivity index (χ4v) is 3.21. The van der Waals surface area contributed by atoms with E-state index in [2.05, 4.69) is 13.8 Å². The van der Waals surface area contributed by atoms with Crippen LogP contribution in [0.5, 0.6) is 5.75 Å². The zero-order chi connectivity index (χ0) is 17.5. The van der Waals surface area contributed by atoms with E-state index in [0.29, 0.717) is 19.5 Å². The number of hydrogen-bond acceptors (Lipinski definition) is 3. The lowest BCUT2D eigenvalue weighted by Gasteiger charge is -2.24. The molecular weight excluding hydrogens is 304 g/mol. The summed E-state index contributed by atoms with van der Waals surface area (Å²) in [7, 11) is 1.63. The topological polar surface area (TPSA) is 49.9 Å². The maximum atomic E-state index is 12.7. The predicted molar refractivity (Wildman–Crippen MR) is 93.7 cm³/mol. The number of methoxy groups -OCH3 is 1. The van der Waals surface area contributed by atoms with Crippen LogP contribution in [0.15, 0.2) is 24.3 Å². The van der Waals surface area contributed by atoms with Crippen molar-refractivity contribution in [1.29, 1.82) is 0 Å². The van der Waals surface area contributed by atoms with Crippen LogP contribution in [0.2, 0.25) is 0 Å². The van der Waals surface area contributed by atoms with Gasteiger partial charge in [0, 0.05) is 32.6 Å². The monoisotopic (exact) mass is 332 g/mol. The van der Waals surface area contributed by atoms with Gasteiger partial charge in [-0.3, -0.25) is 9.59 Å². The van der Waals surface area contributed by atoms with E-state index in [-0.39, 0.29) is 17.7 Å². The molecule has 2 amide bonds. The average Bonchev–Trinajstić information content (AvgIpc) is 2.95. The highest BCUT2D eigenvalue weighted by molar-refractivity contribution is 5.89. The van der Waals surface area contributed by atoms with E-state index in [1.807, 2.05) is 29.2 Å². The summed E-state index contributed by atoms with van der Waals surface area (Å²) in [5.41, 5.74) is 1.02. The number of ether oxygens (including phenoxy) is 1. The van der Waals surface area contributed by atoms with Crippen molar-refractivity contribution in [3.8, 4) is 5.75 Å². The van der Waals surface area contributed by atoms with Crippen molar-refractivity contribution in [3.63, 3.8) is 0 Å². The minimum atomic E-state index is -0.207. The summed E-state index contributed by atoms with van der Waals surface area (Å²) in [5, 5.41) is 0. The molecule has 0 aliphatic carbocycles. The van der Waals surface area contributed by atoms with Crippen LogP contribution in [0.3, 0.4) is 0 Å². The Bertz CT molecular complexity index is 567. The van der Waals surface area contributed by atoms with E-state index in [4.69, 9.17) is 4.74 Å². The van der Waals surface area contributed by atoms with E-state index in [0.717, 1.165) is 37.2 Å². The zero-order valence-corrected chi connectivity index (χ0v) is 15.0. The molecule has 5 heteroatoms. The largest absolute Gasteiger partial charge is 0.497 e. The number of rotatable bonds is 8. The SMILES string of the molecule is CCCN(CCC)C(=O)C1CC(=O)N(Cc2cccc(OC)c2)C1. The van der Waals surface area contributed by atoms with Gasteiger partial charge in [0.05, 0.1) is 13.0 Å². The minimum absolute atomic E-state index is 0.0594. The molecular formula is C19H28N2O3. The number of likely N-dealkylation sites (tertiary alicyclic amines) is 1. The maximum absolute atomic E-state index is 12.7. The molecule has 5 nitrogen and oxygen atoms in total.